The van der Waals surface area contributed by atoms with Gasteiger partial charge in [0, 0.05) is 18.7 Å². The summed E-state index contributed by atoms with van der Waals surface area (Å²) < 4.78 is 0. The van der Waals surface area contributed by atoms with E-state index in [1.165, 1.54) is 51.5 Å². The average Bonchev–Trinajstić information content (AvgIpc) is 2.41. The summed E-state index contributed by atoms with van der Waals surface area (Å²) in [5.74, 6) is 0.822. The third-order valence-electron chi connectivity index (χ3n) is 4.43. The molecule has 1 saturated carbocycles. The van der Waals surface area contributed by atoms with Gasteiger partial charge < -0.3 is 15.7 Å². The highest BCUT2D eigenvalue weighted by molar-refractivity contribution is 4.90. The predicted molar refractivity (Wildman–Crippen MR) is 71.1 cm³/mol. The highest BCUT2D eigenvalue weighted by Gasteiger charge is 2.31. The van der Waals surface area contributed by atoms with Crippen molar-refractivity contribution in [1.29, 1.82) is 0 Å². The van der Waals surface area contributed by atoms with Crippen molar-refractivity contribution < 1.29 is 5.11 Å². The largest absolute Gasteiger partial charge is 0.396 e. The summed E-state index contributed by atoms with van der Waals surface area (Å²) in [6, 6.07) is 1.43. The van der Waals surface area contributed by atoms with Crippen LogP contribution in [0.3, 0.4) is 0 Å². The maximum Gasteiger partial charge on any atom is 0.0443 e. The molecule has 2 aliphatic rings. The first kappa shape index (κ1) is 13.3. The Balaban J connectivity index is 1.82. The van der Waals surface area contributed by atoms with E-state index in [2.05, 4.69) is 10.6 Å². The number of hydrogen-bond acceptors (Lipinski definition) is 3. The quantitative estimate of drug-likeness (QED) is 0.640. The SMILES string of the molecule is OCCCNC1CCCCC1C1CCCCN1. The van der Waals surface area contributed by atoms with Gasteiger partial charge in [-0.25, -0.2) is 0 Å². The molecular formula is C14H28N2O. The molecule has 100 valence electrons. The second-order valence-corrected chi connectivity index (χ2v) is 5.64. The first-order valence-electron chi connectivity index (χ1n) is 7.49. The van der Waals surface area contributed by atoms with Gasteiger partial charge in [-0.1, -0.05) is 19.3 Å². The molecule has 0 bridgehead atoms. The second kappa shape index (κ2) is 7.34. The molecule has 3 N–H and O–H groups in total. The van der Waals surface area contributed by atoms with Crippen molar-refractivity contribution in [2.45, 2.75) is 63.5 Å². The Morgan fingerprint density at radius 1 is 1.06 bits per heavy atom. The number of nitrogens with one attached hydrogen (secondary N) is 2. The maximum atomic E-state index is 8.86. The summed E-state index contributed by atoms with van der Waals surface area (Å²) in [7, 11) is 0. The summed E-state index contributed by atoms with van der Waals surface area (Å²) in [5, 5.41) is 16.2. The monoisotopic (exact) mass is 240 g/mol. The van der Waals surface area contributed by atoms with E-state index in [0.717, 1.165) is 24.9 Å². The van der Waals surface area contributed by atoms with E-state index >= 15 is 0 Å². The van der Waals surface area contributed by atoms with Crippen LogP contribution in [0.4, 0.5) is 0 Å². The number of aliphatic hydroxyl groups excluding tert-OH is 1. The molecule has 1 saturated heterocycles. The molecule has 0 aromatic rings. The lowest BCUT2D eigenvalue weighted by molar-refractivity contribution is 0.179. The highest BCUT2D eigenvalue weighted by Crippen LogP contribution is 2.30. The van der Waals surface area contributed by atoms with Crippen LogP contribution >= 0.6 is 0 Å². The lowest BCUT2D eigenvalue weighted by atomic mass is 9.77. The topological polar surface area (TPSA) is 44.3 Å². The Labute approximate surface area is 105 Å². The molecule has 1 heterocycles. The van der Waals surface area contributed by atoms with Crippen LogP contribution in [-0.4, -0.2) is 36.9 Å². The summed E-state index contributed by atoms with van der Waals surface area (Å²) in [4.78, 5) is 0. The van der Waals surface area contributed by atoms with Gasteiger partial charge in [0.1, 0.15) is 0 Å². The van der Waals surface area contributed by atoms with Crippen molar-refractivity contribution in [3.63, 3.8) is 0 Å². The minimum absolute atomic E-state index is 0.312. The van der Waals surface area contributed by atoms with E-state index in [-0.39, 0.29) is 0 Å². The Morgan fingerprint density at radius 3 is 2.65 bits per heavy atom. The Hall–Kier alpha value is -0.120. The van der Waals surface area contributed by atoms with Crippen molar-refractivity contribution in [2.75, 3.05) is 19.7 Å². The average molecular weight is 240 g/mol. The first-order chi connectivity index (χ1) is 8.42. The van der Waals surface area contributed by atoms with Gasteiger partial charge in [0.05, 0.1) is 0 Å². The zero-order valence-corrected chi connectivity index (χ0v) is 11.0. The molecule has 17 heavy (non-hydrogen) atoms. The normalized spacial score (nSPS) is 34.8. The fourth-order valence-corrected chi connectivity index (χ4v) is 3.51. The van der Waals surface area contributed by atoms with Gasteiger partial charge in [0.2, 0.25) is 0 Å². The van der Waals surface area contributed by atoms with Crippen molar-refractivity contribution in [1.82, 2.24) is 10.6 Å². The van der Waals surface area contributed by atoms with Crippen LogP contribution in [0.5, 0.6) is 0 Å². The van der Waals surface area contributed by atoms with Crippen LogP contribution < -0.4 is 10.6 Å². The van der Waals surface area contributed by atoms with Crippen LogP contribution in [0.1, 0.15) is 51.4 Å². The lowest BCUT2D eigenvalue weighted by Gasteiger charge is -2.40. The molecule has 0 radical (unpaired) electrons. The Kier molecular flexibility index (Phi) is 5.75. The second-order valence-electron chi connectivity index (χ2n) is 5.64. The minimum Gasteiger partial charge on any atom is -0.396 e. The van der Waals surface area contributed by atoms with E-state index < -0.39 is 0 Å². The van der Waals surface area contributed by atoms with Crippen LogP contribution in [0.15, 0.2) is 0 Å². The van der Waals surface area contributed by atoms with Crippen molar-refractivity contribution in [2.24, 2.45) is 5.92 Å². The molecule has 3 nitrogen and oxygen atoms in total. The Bertz CT molecular complexity index is 204. The van der Waals surface area contributed by atoms with Crippen LogP contribution in [0.25, 0.3) is 0 Å². The molecule has 1 aliphatic carbocycles. The molecule has 0 aromatic heterocycles. The fraction of sp³-hybridized carbons (Fsp3) is 1.00. The van der Waals surface area contributed by atoms with Gasteiger partial charge in [-0.15, -0.1) is 0 Å². The third kappa shape index (κ3) is 3.94. The molecule has 0 aromatic carbocycles. The van der Waals surface area contributed by atoms with Gasteiger partial charge >= 0.3 is 0 Å². The smallest absolute Gasteiger partial charge is 0.0443 e. The first-order valence-corrected chi connectivity index (χ1v) is 7.49. The molecule has 3 atom stereocenters. The van der Waals surface area contributed by atoms with Gasteiger partial charge in [-0.3, -0.25) is 0 Å². The van der Waals surface area contributed by atoms with E-state index in [1.807, 2.05) is 0 Å². The van der Waals surface area contributed by atoms with E-state index in [1.54, 1.807) is 0 Å². The summed E-state index contributed by atoms with van der Waals surface area (Å²) in [5.41, 5.74) is 0. The van der Waals surface area contributed by atoms with Gasteiger partial charge in [0.15, 0.2) is 0 Å². The molecule has 0 amide bonds. The molecule has 1 aliphatic heterocycles. The molecule has 3 unspecified atom stereocenters. The van der Waals surface area contributed by atoms with Crippen molar-refractivity contribution in [3.8, 4) is 0 Å². The van der Waals surface area contributed by atoms with E-state index in [4.69, 9.17) is 5.11 Å². The Morgan fingerprint density at radius 2 is 1.88 bits per heavy atom. The number of piperidine rings is 1. The third-order valence-corrected chi connectivity index (χ3v) is 4.43. The number of aliphatic hydroxyl groups is 1. The molecule has 2 rings (SSSR count). The van der Waals surface area contributed by atoms with E-state index in [9.17, 15) is 0 Å². The zero-order valence-electron chi connectivity index (χ0n) is 11.0. The molecule has 2 fully saturated rings. The van der Waals surface area contributed by atoms with Crippen molar-refractivity contribution >= 4 is 0 Å². The summed E-state index contributed by atoms with van der Waals surface area (Å²) in [6.07, 6.45) is 10.5. The maximum absolute atomic E-state index is 8.86. The highest BCUT2D eigenvalue weighted by atomic mass is 16.3. The molecule has 3 heteroatoms. The minimum atomic E-state index is 0.312. The summed E-state index contributed by atoms with van der Waals surface area (Å²) in [6.45, 7) is 2.50. The number of hydrogen-bond donors (Lipinski definition) is 3. The van der Waals surface area contributed by atoms with Crippen molar-refractivity contribution in [3.05, 3.63) is 0 Å². The lowest BCUT2D eigenvalue weighted by Crippen LogP contribution is -2.50. The van der Waals surface area contributed by atoms with Crippen LogP contribution in [0.2, 0.25) is 0 Å². The van der Waals surface area contributed by atoms with E-state index in [0.29, 0.717) is 12.6 Å². The standard InChI is InChI=1S/C14H28N2O/c17-11-5-10-16-13-7-2-1-6-12(13)14-8-3-4-9-15-14/h12-17H,1-11H2. The van der Waals surface area contributed by atoms with Crippen LogP contribution in [-0.2, 0) is 0 Å². The van der Waals surface area contributed by atoms with Crippen LogP contribution in [0, 0.1) is 5.92 Å². The molecule has 0 spiro atoms. The van der Waals surface area contributed by atoms with Gasteiger partial charge in [-0.2, -0.15) is 0 Å². The molecular weight excluding hydrogens is 212 g/mol. The zero-order chi connectivity index (χ0) is 11.9. The van der Waals surface area contributed by atoms with Gasteiger partial charge in [-0.05, 0) is 51.1 Å². The fourth-order valence-electron chi connectivity index (χ4n) is 3.51. The predicted octanol–water partition coefficient (Wildman–Crippen LogP) is 1.66. The van der Waals surface area contributed by atoms with Gasteiger partial charge in [0.25, 0.3) is 0 Å². The number of rotatable bonds is 5. The summed E-state index contributed by atoms with van der Waals surface area (Å²) >= 11 is 0.